The van der Waals surface area contributed by atoms with Crippen LogP contribution in [0.1, 0.15) is 71.1 Å². The van der Waals surface area contributed by atoms with Gasteiger partial charge in [-0.05, 0) is 12.8 Å². The first-order chi connectivity index (χ1) is 7.81. The fourth-order valence-corrected chi connectivity index (χ4v) is 2.01. The minimum atomic E-state index is 0.136. The third-order valence-electron chi connectivity index (χ3n) is 2.82. The van der Waals surface area contributed by atoms with Gasteiger partial charge < -0.3 is 5.11 Å². The van der Waals surface area contributed by atoms with Crippen molar-refractivity contribution in [2.24, 2.45) is 0 Å². The number of halogens is 1. The van der Waals surface area contributed by atoms with Crippen molar-refractivity contribution in [1.82, 2.24) is 0 Å². The number of aliphatic hydroxyl groups excluding tert-OH is 1. The maximum atomic E-state index is 8.76. The molecule has 1 N–H and O–H groups in total. The van der Waals surface area contributed by atoms with E-state index in [1.807, 2.05) is 0 Å². The highest BCUT2D eigenvalue weighted by Crippen LogP contribution is 2.12. The van der Waals surface area contributed by atoms with Gasteiger partial charge >= 0.3 is 0 Å². The van der Waals surface area contributed by atoms with Gasteiger partial charge in [-0.15, -0.1) is 0 Å². The summed E-state index contributed by atoms with van der Waals surface area (Å²) < 4.78 is 0.923. The Morgan fingerprint density at radius 3 is 1.94 bits per heavy atom. The van der Waals surface area contributed by atoms with E-state index in [9.17, 15) is 0 Å². The van der Waals surface area contributed by atoms with Crippen LogP contribution >= 0.6 is 15.9 Å². The quantitative estimate of drug-likeness (QED) is 0.520. The van der Waals surface area contributed by atoms with Crippen LogP contribution in [0.4, 0.5) is 0 Å². The summed E-state index contributed by atoms with van der Waals surface area (Å²) in [7, 11) is 0. The predicted molar refractivity (Wildman–Crippen MR) is 75.9 cm³/mol. The molecule has 0 aliphatic rings. The molecule has 16 heavy (non-hydrogen) atoms. The largest absolute Gasteiger partial charge is 0.391 e. The molecule has 0 aliphatic heterocycles. The molecule has 1 nitrogen and oxygen atoms in total. The number of hydrogen-bond acceptors (Lipinski definition) is 1. The van der Waals surface area contributed by atoms with Crippen molar-refractivity contribution in [3.05, 3.63) is 10.6 Å². The Balaban J connectivity index is 3.04. The highest BCUT2D eigenvalue weighted by molar-refractivity contribution is 9.11. The van der Waals surface area contributed by atoms with Gasteiger partial charge in [0.2, 0.25) is 0 Å². The van der Waals surface area contributed by atoms with Crippen LogP contribution in [0.25, 0.3) is 0 Å². The molecular weight excluding hydrogens is 264 g/mol. The van der Waals surface area contributed by atoms with Gasteiger partial charge in [0.15, 0.2) is 0 Å². The number of hydrogen-bond donors (Lipinski definition) is 1. The lowest BCUT2D eigenvalue weighted by Gasteiger charge is -2.00. The van der Waals surface area contributed by atoms with Crippen LogP contribution in [0.3, 0.4) is 0 Å². The molecule has 0 aromatic heterocycles. The maximum absolute atomic E-state index is 8.76. The lowest BCUT2D eigenvalue weighted by molar-refractivity contribution is 0.339. The van der Waals surface area contributed by atoms with E-state index in [0.29, 0.717) is 0 Å². The van der Waals surface area contributed by atoms with E-state index in [1.165, 1.54) is 57.8 Å². The smallest absolute Gasteiger partial charge is 0.0743 e. The Morgan fingerprint density at radius 1 is 0.938 bits per heavy atom. The summed E-state index contributed by atoms with van der Waals surface area (Å²) in [5, 5.41) is 8.76. The standard InChI is InChI=1S/C14H27BrO/c1-2-3-4-5-6-7-8-9-10-11-12-14(15)13-16/h12,16H,2-11,13H2,1H3/b14-12-. The van der Waals surface area contributed by atoms with E-state index in [1.54, 1.807) is 0 Å². The Labute approximate surface area is 109 Å². The van der Waals surface area contributed by atoms with Gasteiger partial charge in [-0.3, -0.25) is 0 Å². The molecule has 0 saturated heterocycles. The first kappa shape index (κ1) is 16.2. The van der Waals surface area contributed by atoms with E-state index >= 15 is 0 Å². The summed E-state index contributed by atoms with van der Waals surface area (Å²) in [6.07, 6.45) is 15.5. The fraction of sp³-hybridized carbons (Fsp3) is 0.857. The van der Waals surface area contributed by atoms with E-state index in [0.717, 1.165) is 10.9 Å². The number of unbranched alkanes of at least 4 members (excludes halogenated alkanes) is 9. The Bertz CT molecular complexity index is 166. The Morgan fingerprint density at radius 2 is 1.44 bits per heavy atom. The van der Waals surface area contributed by atoms with Crippen molar-refractivity contribution in [3.8, 4) is 0 Å². The average molecular weight is 291 g/mol. The molecule has 0 spiro atoms. The van der Waals surface area contributed by atoms with E-state index in [2.05, 4.69) is 28.9 Å². The third kappa shape index (κ3) is 12.3. The van der Waals surface area contributed by atoms with Gasteiger partial charge in [0, 0.05) is 4.48 Å². The maximum Gasteiger partial charge on any atom is 0.0743 e. The Kier molecular flexibility index (Phi) is 13.4. The lowest BCUT2D eigenvalue weighted by Crippen LogP contribution is -1.82. The van der Waals surface area contributed by atoms with Crippen LogP contribution in [-0.4, -0.2) is 11.7 Å². The minimum absolute atomic E-state index is 0.136. The molecule has 0 radical (unpaired) electrons. The molecule has 0 atom stereocenters. The number of rotatable bonds is 11. The predicted octanol–water partition coefficient (Wildman–Crippen LogP) is 5.18. The lowest BCUT2D eigenvalue weighted by atomic mass is 10.1. The molecule has 0 saturated carbocycles. The summed E-state index contributed by atoms with van der Waals surface area (Å²) in [5.74, 6) is 0. The van der Waals surface area contributed by atoms with Crippen molar-refractivity contribution < 1.29 is 5.11 Å². The first-order valence-corrected chi connectivity index (χ1v) is 7.56. The SMILES string of the molecule is CCCCCCCCCCC/C=C(\Br)CO. The number of aliphatic hydroxyl groups is 1. The van der Waals surface area contributed by atoms with E-state index in [4.69, 9.17) is 5.11 Å². The zero-order chi connectivity index (χ0) is 12.1. The highest BCUT2D eigenvalue weighted by Gasteiger charge is 1.92. The second-order valence-electron chi connectivity index (χ2n) is 4.43. The molecule has 0 fully saturated rings. The first-order valence-electron chi connectivity index (χ1n) is 6.76. The summed E-state index contributed by atoms with van der Waals surface area (Å²) in [6, 6.07) is 0. The molecule has 0 heterocycles. The van der Waals surface area contributed by atoms with Crippen molar-refractivity contribution in [2.75, 3.05) is 6.61 Å². The molecular formula is C14H27BrO. The van der Waals surface area contributed by atoms with E-state index < -0.39 is 0 Å². The van der Waals surface area contributed by atoms with Gasteiger partial charge in [-0.25, -0.2) is 0 Å². The third-order valence-corrected chi connectivity index (χ3v) is 3.40. The minimum Gasteiger partial charge on any atom is -0.391 e. The topological polar surface area (TPSA) is 20.2 Å². The van der Waals surface area contributed by atoms with Gasteiger partial charge in [-0.1, -0.05) is 80.3 Å². The monoisotopic (exact) mass is 290 g/mol. The second-order valence-corrected chi connectivity index (χ2v) is 5.44. The average Bonchev–Trinajstić information content (AvgIpc) is 2.31. The van der Waals surface area contributed by atoms with E-state index in [-0.39, 0.29) is 6.61 Å². The molecule has 0 amide bonds. The molecule has 96 valence electrons. The van der Waals surface area contributed by atoms with Crippen LogP contribution < -0.4 is 0 Å². The zero-order valence-electron chi connectivity index (χ0n) is 10.7. The molecule has 0 aliphatic carbocycles. The van der Waals surface area contributed by atoms with Crippen molar-refractivity contribution in [3.63, 3.8) is 0 Å². The molecule has 0 unspecified atom stereocenters. The molecule has 0 rings (SSSR count). The fourth-order valence-electron chi connectivity index (χ4n) is 1.78. The van der Waals surface area contributed by atoms with Crippen LogP contribution in [0.2, 0.25) is 0 Å². The zero-order valence-corrected chi connectivity index (χ0v) is 12.3. The Hall–Kier alpha value is 0.180. The van der Waals surface area contributed by atoms with Crippen molar-refractivity contribution >= 4 is 15.9 Å². The van der Waals surface area contributed by atoms with Crippen LogP contribution in [0.15, 0.2) is 10.6 Å². The van der Waals surface area contributed by atoms with Gasteiger partial charge in [-0.2, -0.15) is 0 Å². The number of allylic oxidation sites excluding steroid dienone is 1. The van der Waals surface area contributed by atoms with Crippen LogP contribution in [0.5, 0.6) is 0 Å². The molecule has 0 bridgehead atoms. The van der Waals surface area contributed by atoms with Crippen LogP contribution in [0, 0.1) is 0 Å². The van der Waals surface area contributed by atoms with Crippen molar-refractivity contribution in [1.29, 1.82) is 0 Å². The molecule has 0 aromatic rings. The summed E-state index contributed by atoms with van der Waals surface area (Å²) in [5.41, 5.74) is 0. The van der Waals surface area contributed by atoms with Gasteiger partial charge in [0.05, 0.1) is 6.61 Å². The summed E-state index contributed by atoms with van der Waals surface area (Å²) in [6.45, 7) is 2.40. The van der Waals surface area contributed by atoms with Crippen LogP contribution in [-0.2, 0) is 0 Å². The molecule has 0 aromatic carbocycles. The van der Waals surface area contributed by atoms with Gasteiger partial charge in [0.1, 0.15) is 0 Å². The molecule has 2 heteroatoms. The normalized spacial score (nSPS) is 12.1. The second kappa shape index (κ2) is 13.2. The summed E-state index contributed by atoms with van der Waals surface area (Å²) >= 11 is 3.31. The highest BCUT2D eigenvalue weighted by atomic mass is 79.9. The van der Waals surface area contributed by atoms with Crippen molar-refractivity contribution in [2.45, 2.75) is 71.1 Å². The summed E-state index contributed by atoms with van der Waals surface area (Å²) in [4.78, 5) is 0. The van der Waals surface area contributed by atoms with Gasteiger partial charge in [0.25, 0.3) is 0 Å².